The van der Waals surface area contributed by atoms with Crippen LogP contribution >= 0.6 is 11.8 Å². The van der Waals surface area contributed by atoms with Crippen molar-refractivity contribution in [3.63, 3.8) is 0 Å². The van der Waals surface area contributed by atoms with Crippen LogP contribution in [0.5, 0.6) is 0 Å². The summed E-state index contributed by atoms with van der Waals surface area (Å²) in [7, 11) is 0. The zero-order valence-electron chi connectivity index (χ0n) is 9.90. The van der Waals surface area contributed by atoms with Crippen molar-refractivity contribution in [1.82, 2.24) is 4.90 Å². The summed E-state index contributed by atoms with van der Waals surface area (Å²) in [6.45, 7) is 4.11. The summed E-state index contributed by atoms with van der Waals surface area (Å²) >= 11 is 1.53. The molecule has 92 valence electrons. The fourth-order valence-corrected chi connectivity index (χ4v) is 2.30. The molecule has 2 bridgehead atoms. The van der Waals surface area contributed by atoms with Crippen molar-refractivity contribution < 1.29 is 4.79 Å². The van der Waals surface area contributed by atoms with E-state index >= 15 is 0 Å². The second-order valence-corrected chi connectivity index (χ2v) is 4.69. The zero-order chi connectivity index (χ0) is 12.8. The van der Waals surface area contributed by atoms with Crippen LogP contribution in [0.2, 0.25) is 0 Å². The molecule has 18 heavy (non-hydrogen) atoms. The number of nitrogens with zero attached hydrogens (tertiary/aromatic N) is 2. The SMILES string of the molecule is C=C/C=C\C=C/CN1C=NC2=CC(C=CS2)C1=O. The average molecular weight is 258 g/mol. The van der Waals surface area contributed by atoms with Crippen LogP contribution in [0.15, 0.2) is 64.5 Å². The fraction of sp³-hybridized carbons (Fsp3) is 0.143. The standard InChI is InChI=1S/C14H14N2OS/c1-2-3-4-5-6-8-16-11-15-13-10-12(14(16)17)7-9-18-13/h2-7,9-12H,1,8H2/b4-3-,6-5-. The third-order valence-corrected chi connectivity index (χ3v) is 3.26. The van der Waals surface area contributed by atoms with Gasteiger partial charge in [-0.15, -0.1) is 0 Å². The highest BCUT2D eigenvalue weighted by atomic mass is 32.2. The van der Waals surface area contributed by atoms with Gasteiger partial charge in [-0.25, -0.2) is 4.99 Å². The first-order chi connectivity index (χ1) is 8.81. The quantitative estimate of drug-likeness (QED) is 0.726. The molecular weight excluding hydrogens is 244 g/mol. The molecular formula is C14H14N2OS. The second kappa shape index (κ2) is 6.21. The number of fused-ring (bicyclic) bond motifs is 1. The third-order valence-electron chi connectivity index (χ3n) is 2.49. The molecule has 0 saturated carbocycles. The maximum atomic E-state index is 12.1. The number of hydrogen-bond donors (Lipinski definition) is 0. The van der Waals surface area contributed by atoms with Gasteiger partial charge in [0.2, 0.25) is 5.91 Å². The highest BCUT2D eigenvalue weighted by molar-refractivity contribution is 8.05. The minimum Gasteiger partial charge on any atom is -0.298 e. The van der Waals surface area contributed by atoms with Crippen LogP contribution in [-0.2, 0) is 4.79 Å². The summed E-state index contributed by atoms with van der Waals surface area (Å²) in [6.07, 6.45) is 14.6. The van der Waals surface area contributed by atoms with Crippen LogP contribution in [0.4, 0.5) is 0 Å². The van der Waals surface area contributed by atoms with Gasteiger partial charge in [0, 0.05) is 6.54 Å². The molecule has 4 heteroatoms. The van der Waals surface area contributed by atoms with Crippen LogP contribution < -0.4 is 0 Å². The lowest BCUT2D eigenvalue weighted by atomic mass is 10.1. The van der Waals surface area contributed by atoms with E-state index in [1.54, 1.807) is 17.3 Å². The average Bonchev–Trinajstić information content (AvgIpc) is 2.50. The molecule has 1 atom stereocenters. The van der Waals surface area contributed by atoms with Crippen molar-refractivity contribution in [3.05, 3.63) is 59.5 Å². The van der Waals surface area contributed by atoms with Crippen molar-refractivity contribution in [3.8, 4) is 0 Å². The van der Waals surface area contributed by atoms with Gasteiger partial charge in [0.15, 0.2) is 0 Å². The van der Waals surface area contributed by atoms with Crippen LogP contribution in [0.3, 0.4) is 0 Å². The molecule has 0 N–H and O–H groups in total. The Balaban J connectivity index is 2.01. The summed E-state index contributed by atoms with van der Waals surface area (Å²) in [5, 5.41) is 2.80. The Hall–Kier alpha value is -1.81. The van der Waals surface area contributed by atoms with Crippen LogP contribution in [0.1, 0.15) is 0 Å². The molecule has 1 unspecified atom stereocenters. The number of allylic oxidation sites excluding steroid dienone is 4. The largest absolute Gasteiger partial charge is 0.298 e. The highest BCUT2D eigenvalue weighted by Crippen LogP contribution is 2.29. The third kappa shape index (κ3) is 3.11. The Morgan fingerprint density at radius 1 is 1.44 bits per heavy atom. The Bertz CT molecular complexity index is 486. The molecule has 2 aliphatic heterocycles. The van der Waals surface area contributed by atoms with Crippen LogP contribution in [0, 0.1) is 5.92 Å². The van der Waals surface area contributed by atoms with Crippen molar-refractivity contribution in [1.29, 1.82) is 0 Å². The molecule has 2 heterocycles. The Kier molecular flexibility index (Phi) is 4.36. The molecule has 1 amide bonds. The van der Waals surface area contributed by atoms with Gasteiger partial charge in [-0.1, -0.05) is 54.8 Å². The highest BCUT2D eigenvalue weighted by Gasteiger charge is 2.23. The van der Waals surface area contributed by atoms with Crippen molar-refractivity contribution in [2.75, 3.05) is 6.54 Å². The molecule has 2 rings (SSSR count). The number of aliphatic imine (C=N–C) groups is 1. The van der Waals surface area contributed by atoms with E-state index in [0.29, 0.717) is 6.54 Å². The maximum Gasteiger partial charge on any atom is 0.238 e. The predicted molar refractivity (Wildman–Crippen MR) is 77.0 cm³/mol. The molecule has 0 fully saturated rings. The van der Waals surface area contributed by atoms with Gasteiger partial charge in [0.25, 0.3) is 0 Å². The molecule has 0 radical (unpaired) electrons. The first-order valence-corrected chi connectivity index (χ1v) is 6.53. The topological polar surface area (TPSA) is 32.7 Å². The van der Waals surface area contributed by atoms with Crippen molar-refractivity contribution >= 4 is 24.0 Å². The summed E-state index contributed by atoms with van der Waals surface area (Å²) in [5.74, 6) is -0.122. The van der Waals surface area contributed by atoms with Gasteiger partial charge in [-0.05, 0) is 11.5 Å². The molecule has 0 aromatic carbocycles. The molecule has 0 aliphatic carbocycles. The van der Waals surface area contributed by atoms with Gasteiger partial charge < -0.3 is 0 Å². The Morgan fingerprint density at radius 3 is 3.17 bits per heavy atom. The smallest absolute Gasteiger partial charge is 0.238 e. The van der Waals surface area contributed by atoms with E-state index in [1.165, 1.54) is 11.8 Å². The van der Waals surface area contributed by atoms with E-state index in [4.69, 9.17) is 0 Å². The molecule has 0 saturated heterocycles. The van der Waals surface area contributed by atoms with E-state index in [2.05, 4.69) is 11.6 Å². The monoisotopic (exact) mass is 258 g/mol. The predicted octanol–water partition coefficient (Wildman–Crippen LogP) is 2.87. The number of carbonyl (C=O) groups excluding carboxylic acids is 1. The number of amides is 1. The van der Waals surface area contributed by atoms with E-state index in [-0.39, 0.29) is 11.8 Å². The van der Waals surface area contributed by atoms with Gasteiger partial charge in [0.1, 0.15) is 0 Å². The molecule has 0 aromatic rings. The number of rotatable bonds is 4. The van der Waals surface area contributed by atoms with E-state index in [0.717, 1.165) is 5.03 Å². The minimum absolute atomic E-state index is 0.0580. The zero-order valence-corrected chi connectivity index (χ0v) is 10.7. The Morgan fingerprint density at radius 2 is 2.33 bits per heavy atom. The number of hydrogen-bond acceptors (Lipinski definition) is 3. The van der Waals surface area contributed by atoms with E-state index < -0.39 is 0 Å². The van der Waals surface area contributed by atoms with Crippen molar-refractivity contribution in [2.45, 2.75) is 0 Å². The summed E-state index contributed by atoms with van der Waals surface area (Å²) in [6, 6.07) is 0. The summed E-state index contributed by atoms with van der Waals surface area (Å²) < 4.78 is 0. The van der Waals surface area contributed by atoms with Gasteiger partial charge >= 0.3 is 0 Å². The first kappa shape index (κ1) is 12.6. The number of carbonyl (C=O) groups is 1. The molecule has 0 spiro atoms. The first-order valence-electron chi connectivity index (χ1n) is 5.65. The normalized spacial score (nSPS) is 22.7. The lowest BCUT2D eigenvalue weighted by Crippen LogP contribution is -2.33. The van der Waals surface area contributed by atoms with Crippen molar-refractivity contribution in [2.24, 2.45) is 10.9 Å². The van der Waals surface area contributed by atoms with Crippen LogP contribution in [0.25, 0.3) is 0 Å². The fourth-order valence-electron chi connectivity index (χ4n) is 1.58. The van der Waals surface area contributed by atoms with Gasteiger partial charge in [-0.3, -0.25) is 9.69 Å². The van der Waals surface area contributed by atoms with E-state index in [9.17, 15) is 4.79 Å². The lowest BCUT2D eigenvalue weighted by Gasteiger charge is -2.17. The maximum absolute atomic E-state index is 12.1. The molecule has 2 aliphatic rings. The van der Waals surface area contributed by atoms with Gasteiger partial charge in [0.05, 0.1) is 17.3 Å². The molecule has 0 aromatic heterocycles. The second-order valence-electron chi connectivity index (χ2n) is 3.76. The van der Waals surface area contributed by atoms with Crippen LogP contribution in [-0.4, -0.2) is 23.7 Å². The number of thioether (sulfide) groups is 1. The minimum atomic E-state index is -0.180. The summed E-state index contributed by atoms with van der Waals surface area (Å²) in [5.41, 5.74) is 0. The summed E-state index contributed by atoms with van der Waals surface area (Å²) in [4.78, 5) is 18.0. The lowest BCUT2D eigenvalue weighted by molar-refractivity contribution is -0.128. The van der Waals surface area contributed by atoms with Gasteiger partial charge in [-0.2, -0.15) is 0 Å². The molecule has 3 nitrogen and oxygen atoms in total. The van der Waals surface area contributed by atoms with E-state index in [1.807, 2.05) is 41.9 Å². The Labute approximate surface area is 111 Å².